The van der Waals surface area contributed by atoms with E-state index in [2.05, 4.69) is 10.2 Å². The number of likely N-dealkylation sites (tertiary alicyclic amines) is 2. The monoisotopic (exact) mass is 878 g/mol. The Balaban J connectivity index is 0.729. The van der Waals surface area contributed by atoms with Crippen LogP contribution in [0.25, 0.3) is 11.4 Å². The van der Waals surface area contributed by atoms with E-state index in [1.165, 1.54) is 9.80 Å². The van der Waals surface area contributed by atoms with Gasteiger partial charge in [-0.15, -0.1) is 10.2 Å². The van der Waals surface area contributed by atoms with Crippen LogP contribution in [0.2, 0.25) is 0 Å². The third kappa shape index (κ3) is 5.12. The Morgan fingerprint density at radius 3 is 1.11 bits per heavy atom. The van der Waals surface area contributed by atoms with Crippen molar-refractivity contribution < 1.29 is 28.7 Å². The number of amides is 4. The van der Waals surface area contributed by atoms with Crippen molar-refractivity contribution in [2.45, 2.75) is 36.5 Å². The van der Waals surface area contributed by atoms with E-state index >= 15 is 0 Å². The Morgan fingerprint density at radius 1 is 0.409 bits per heavy atom. The summed E-state index contributed by atoms with van der Waals surface area (Å²) >= 11 is 0. The second-order valence-corrected chi connectivity index (χ2v) is 18.0. The zero-order valence-corrected chi connectivity index (χ0v) is 34.9. The first-order chi connectivity index (χ1) is 32.4. The van der Waals surface area contributed by atoms with Gasteiger partial charge in [0.05, 0.1) is 119 Å². The lowest BCUT2D eigenvalue weighted by Crippen LogP contribution is -2.50. The molecule has 18 heteroatoms. The molecule has 0 aliphatic carbocycles. The summed E-state index contributed by atoms with van der Waals surface area (Å²) in [6.45, 7) is -0.251. The van der Waals surface area contributed by atoms with Crippen molar-refractivity contribution in [1.82, 2.24) is 39.8 Å². The average molecular weight is 879 g/mol. The molecule has 66 heavy (non-hydrogen) atoms. The van der Waals surface area contributed by atoms with Crippen molar-refractivity contribution in [3.05, 3.63) is 145 Å². The SMILES string of the molecule is O=C1[C@@H]2[C@@H]3O[C@@H]([C@H]4C(c5cnn(-c6ccccc6)n5)=NN(c5ccccc5)[C@@H]34)[C@@H]2C(=O)N1CCN1C(=O)[C@@H]2[C@@H]3O[C@@H]([C@H]4C(c5cnn(-c6ccccc6)n5)=NN(c5ccccc5)[C@@H]34)[C@@H]2C1=O. The fraction of sp³-hybridized carbons (Fsp3) is 0.292. The van der Waals surface area contributed by atoms with Gasteiger partial charge in [0, 0.05) is 13.1 Å². The first-order valence-corrected chi connectivity index (χ1v) is 22.3. The van der Waals surface area contributed by atoms with Gasteiger partial charge in [-0.05, 0) is 48.5 Å². The quantitative estimate of drug-likeness (QED) is 0.194. The number of nitrogens with zero attached hydrogens (tertiary/aromatic N) is 12. The Labute approximate surface area is 375 Å². The van der Waals surface area contributed by atoms with Crippen molar-refractivity contribution in [3.8, 4) is 11.4 Å². The molecule has 0 N–H and O–H groups in total. The predicted octanol–water partition coefficient (Wildman–Crippen LogP) is 2.73. The van der Waals surface area contributed by atoms with Crippen molar-refractivity contribution in [2.75, 3.05) is 23.1 Å². The van der Waals surface area contributed by atoms with Crippen LogP contribution in [0.15, 0.2) is 144 Å². The van der Waals surface area contributed by atoms with Crippen molar-refractivity contribution in [2.24, 2.45) is 45.7 Å². The van der Waals surface area contributed by atoms with E-state index in [0.717, 1.165) is 22.7 Å². The number of imide groups is 2. The summed E-state index contributed by atoms with van der Waals surface area (Å²) in [4.78, 5) is 63.5. The van der Waals surface area contributed by atoms with Gasteiger partial charge in [-0.1, -0.05) is 72.8 Å². The number of carbonyl (C=O) groups is 4. The summed E-state index contributed by atoms with van der Waals surface area (Å²) in [5.74, 6) is -5.26. The molecule has 0 saturated carbocycles. The number of anilines is 2. The first-order valence-electron chi connectivity index (χ1n) is 22.3. The van der Waals surface area contributed by atoms with Gasteiger partial charge in [0.1, 0.15) is 11.4 Å². The maximum atomic E-state index is 14.5. The molecule has 326 valence electrons. The lowest BCUT2D eigenvalue weighted by Gasteiger charge is -2.32. The van der Waals surface area contributed by atoms with E-state index in [0.29, 0.717) is 22.8 Å². The van der Waals surface area contributed by atoms with Crippen LogP contribution in [0.1, 0.15) is 11.4 Å². The summed E-state index contributed by atoms with van der Waals surface area (Å²) in [5.41, 5.74) is 5.59. The number of fused-ring (bicyclic) bond motifs is 16. The molecule has 14 rings (SSSR count). The minimum atomic E-state index is -0.761. The molecule has 18 nitrogen and oxygen atoms in total. The van der Waals surface area contributed by atoms with Crippen LogP contribution < -0.4 is 10.0 Å². The smallest absolute Gasteiger partial charge is 0.235 e. The molecule has 4 amide bonds. The number of rotatable bonds is 9. The van der Waals surface area contributed by atoms with Crippen LogP contribution in [-0.2, 0) is 28.7 Å². The van der Waals surface area contributed by atoms with Gasteiger partial charge in [0.15, 0.2) is 0 Å². The molecule has 6 saturated heterocycles. The summed E-state index contributed by atoms with van der Waals surface area (Å²) in [6.07, 6.45) is 0.748. The van der Waals surface area contributed by atoms with Crippen LogP contribution in [0.4, 0.5) is 11.4 Å². The standard InChI is InChI=1S/C48H38N12O6/c61-45-31-33(43-39-35(41(31)65-43)37(53-57(39)25-13-5-1-6-14-25)29-23-49-59(51-29)27-17-9-3-10-18-27)47(63)55(45)21-22-56-46(62)32-34(48(56)64)44-40-36(42(32)66-44)38(54-58(40)26-15-7-2-8-16-26)30-24-50-60(52-30)28-19-11-4-12-20-28/h1-20,23-24,31-36,39-44H,21-22H2/t31-,32-,33+,34+,35+,36+,39-,40-,41-,42-,43+,44+/m1/s1. The van der Waals surface area contributed by atoms with Gasteiger partial charge < -0.3 is 9.47 Å². The van der Waals surface area contributed by atoms with E-state index in [9.17, 15) is 19.2 Å². The van der Waals surface area contributed by atoms with Gasteiger partial charge in [-0.25, -0.2) is 0 Å². The second-order valence-electron chi connectivity index (χ2n) is 18.0. The maximum Gasteiger partial charge on any atom is 0.235 e. The molecule has 8 aliphatic heterocycles. The normalized spacial score (nSPS) is 32.1. The first kappa shape index (κ1) is 37.7. The summed E-state index contributed by atoms with van der Waals surface area (Å²) < 4.78 is 13.2. The molecule has 12 atom stereocenters. The number of carbonyl (C=O) groups excluding carboxylic acids is 4. The molecule has 10 heterocycles. The molecule has 8 aliphatic rings. The topological polar surface area (TPSA) is 186 Å². The molecular formula is C48H38N12O6. The fourth-order valence-corrected chi connectivity index (χ4v) is 12.2. The number of ether oxygens (including phenoxy) is 2. The van der Waals surface area contributed by atoms with Crippen LogP contribution in [0.3, 0.4) is 0 Å². The summed E-state index contributed by atoms with van der Waals surface area (Å²) in [7, 11) is 0. The van der Waals surface area contributed by atoms with Crippen LogP contribution in [0, 0.1) is 35.5 Å². The van der Waals surface area contributed by atoms with E-state index in [4.69, 9.17) is 29.9 Å². The highest BCUT2D eigenvalue weighted by Crippen LogP contribution is 2.58. The van der Waals surface area contributed by atoms with Crippen LogP contribution >= 0.6 is 0 Å². The zero-order chi connectivity index (χ0) is 43.9. The second kappa shape index (κ2) is 13.9. The van der Waals surface area contributed by atoms with Crippen molar-refractivity contribution >= 4 is 46.4 Å². The average Bonchev–Trinajstić information content (AvgIpc) is 4.22. The highest BCUT2D eigenvalue weighted by Gasteiger charge is 2.74. The lowest BCUT2D eigenvalue weighted by atomic mass is 9.70. The Bertz CT molecular complexity index is 2850. The van der Waals surface area contributed by atoms with E-state index in [1.807, 2.05) is 131 Å². The van der Waals surface area contributed by atoms with Crippen molar-refractivity contribution in [3.63, 3.8) is 0 Å². The number of aromatic nitrogens is 6. The number of para-hydroxylation sites is 4. The minimum absolute atomic E-state index is 0.125. The predicted molar refractivity (Wildman–Crippen MR) is 233 cm³/mol. The molecule has 0 spiro atoms. The largest absolute Gasteiger partial charge is 0.370 e. The molecule has 0 unspecified atom stereocenters. The van der Waals surface area contributed by atoms with Gasteiger partial charge in [-0.3, -0.25) is 39.0 Å². The third-order valence-corrected chi connectivity index (χ3v) is 14.8. The van der Waals surface area contributed by atoms with Gasteiger partial charge in [0.2, 0.25) is 23.6 Å². The highest BCUT2D eigenvalue weighted by molar-refractivity contribution is 6.11. The van der Waals surface area contributed by atoms with Crippen LogP contribution in [0.5, 0.6) is 0 Å². The van der Waals surface area contributed by atoms with Gasteiger partial charge in [-0.2, -0.15) is 30.0 Å². The zero-order valence-electron chi connectivity index (χ0n) is 34.9. The van der Waals surface area contributed by atoms with Crippen molar-refractivity contribution in [1.29, 1.82) is 0 Å². The highest BCUT2D eigenvalue weighted by atomic mass is 16.5. The minimum Gasteiger partial charge on any atom is -0.370 e. The summed E-state index contributed by atoms with van der Waals surface area (Å²) in [6, 6.07) is 37.7. The number of hydrogen-bond acceptors (Lipinski definition) is 14. The Morgan fingerprint density at radius 2 is 0.742 bits per heavy atom. The lowest BCUT2D eigenvalue weighted by molar-refractivity contribution is -0.148. The summed E-state index contributed by atoms with van der Waals surface area (Å²) in [5, 5.41) is 32.7. The molecule has 6 fully saturated rings. The Kier molecular flexibility index (Phi) is 7.93. The van der Waals surface area contributed by atoms with E-state index < -0.39 is 48.1 Å². The van der Waals surface area contributed by atoms with Gasteiger partial charge >= 0.3 is 0 Å². The van der Waals surface area contributed by atoms with Gasteiger partial charge in [0.25, 0.3) is 0 Å². The number of benzene rings is 4. The third-order valence-electron chi connectivity index (χ3n) is 14.8. The molecule has 4 aromatic carbocycles. The molecular weight excluding hydrogens is 841 g/mol. The molecule has 0 radical (unpaired) electrons. The molecule has 2 aromatic heterocycles. The number of hydrogen-bond donors (Lipinski definition) is 0. The molecule has 6 aromatic rings. The van der Waals surface area contributed by atoms with Crippen LogP contribution in [-0.4, -0.2) is 124 Å². The van der Waals surface area contributed by atoms with E-state index in [-0.39, 0.29) is 60.6 Å². The van der Waals surface area contributed by atoms with E-state index in [1.54, 1.807) is 22.0 Å². The maximum absolute atomic E-state index is 14.5. The Hall–Kier alpha value is -7.70. The fourth-order valence-electron chi connectivity index (χ4n) is 12.2. The molecule has 4 bridgehead atoms. The number of hydrazone groups is 2.